The van der Waals surface area contributed by atoms with Crippen LogP contribution in [0.2, 0.25) is 0 Å². The van der Waals surface area contributed by atoms with Gasteiger partial charge in [-0.15, -0.1) is 0 Å². The van der Waals surface area contributed by atoms with Crippen LogP contribution in [-0.2, 0) is 4.79 Å². The van der Waals surface area contributed by atoms with Crippen LogP contribution in [0.25, 0.3) is 0 Å². The minimum absolute atomic E-state index is 0.0192. The normalized spacial score (nSPS) is 25.9. The molecule has 1 aliphatic rings. The molecule has 0 radical (unpaired) electrons. The van der Waals surface area contributed by atoms with Gasteiger partial charge in [0.1, 0.15) is 0 Å². The van der Waals surface area contributed by atoms with Crippen molar-refractivity contribution >= 4 is 5.91 Å². The lowest BCUT2D eigenvalue weighted by molar-refractivity contribution is -0.177. The van der Waals surface area contributed by atoms with E-state index in [2.05, 4.69) is 5.32 Å². The van der Waals surface area contributed by atoms with E-state index in [1.165, 1.54) is 5.32 Å². The molecule has 2 N–H and O–H groups in total. The maximum Gasteiger partial charge on any atom is 0.471 e. The summed E-state index contributed by atoms with van der Waals surface area (Å²) in [5.41, 5.74) is 0. The summed E-state index contributed by atoms with van der Waals surface area (Å²) in [6.45, 7) is 0.170. The molecule has 1 heterocycles. The second-order valence-corrected chi connectivity index (χ2v) is 3.57. The highest BCUT2D eigenvalue weighted by atomic mass is 19.4. The Labute approximate surface area is 88.4 Å². The second kappa shape index (κ2) is 4.52. The Balaban J connectivity index is 2.67. The van der Waals surface area contributed by atoms with Crippen molar-refractivity contribution in [2.24, 2.45) is 0 Å². The van der Waals surface area contributed by atoms with E-state index in [9.17, 15) is 26.7 Å². The number of amides is 1. The fourth-order valence-corrected chi connectivity index (χ4v) is 1.43. The average Bonchev–Trinajstić information content (AvgIpc) is 2.27. The van der Waals surface area contributed by atoms with Gasteiger partial charge in [-0.2, -0.15) is 13.2 Å². The van der Waals surface area contributed by atoms with Crippen molar-refractivity contribution in [2.45, 2.75) is 31.0 Å². The van der Waals surface area contributed by atoms with E-state index < -0.39 is 30.5 Å². The van der Waals surface area contributed by atoms with Crippen LogP contribution in [0.3, 0.4) is 0 Å². The van der Waals surface area contributed by atoms with Crippen LogP contribution in [-0.4, -0.2) is 37.1 Å². The summed E-state index contributed by atoms with van der Waals surface area (Å²) in [7, 11) is 0. The van der Waals surface area contributed by atoms with Crippen LogP contribution in [0.5, 0.6) is 0 Å². The first kappa shape index (κ1) is 13.1. The first-order valence-electron chi connectivity index (χ1n) is 4.70. The van der Waals surface area contributed by atoms with Crippen LogP contribution in [0, 0.1) is 0 Å². The Morgan fingerprint density at radius 2 is 1.94 bits per heavy atom. The molecule has 1 aliphatic heterocycles. The third-order valence-electron chi connectivity index (χ3n) is 2.32. The molecule has 1 amide bonds. The van der Waals surface area contributed by atoms with E-state index in [1.807, 2.05) is 0 Å². The number of carbonyl (C=O) groups is 1. The van der Waals surface area contributed by atoms with E-state index in [1.54, 1.807) is 0 Å². The highest BCUT2D eigenvalue weighted by molar-refractivity contribution is 5.82. The lowest BCUT2D eigenvalue weighted by Gasteiger charge is -2.25. The number of nitrogens with one attached hydrogen (secondary N) is 2. The molecule has 1 rings (SSSR count). The van der Waals surface area contributed by atoms with Crippen molar-refractivity contribution in [3.8, 4) is 0 Å². The van der Waals surface area contributed by atoms with Crippen LogP contribution in [0.15, 0.2) is 0 Å². The highest BCUT2D eigenvalue weighted by Gasteiger charge is 2.46. The van der Waals surface area contributed by atoms with Gasteiger partial charge in [0.05, 0.1) is 6.04 Å². The first-order chi connectivity index (χ1) is 7.23. The molecule has 1 atom stereocenters. The summed E-state index contributed by atoms with van der Waals surface area (Å²) >= 11 is 0. The average molecular weight is 246 g/mol. The van der Waals surface area contributed by atoms with Gasteiger partial charge in [-0.3, -0.25) is 4.79 Å². The molecule has 0 aliphatic carbocycles. The zero-order valence-electron chi connectivity index (χ0n) is 8.20. The molecular formula is C8H11F5N2O. The predicted octanol–water partition coefficient (Wildman–Crippen LogP) is 1.05. The zero-order valence-corrected chi connectivity index (χ0v) is 8.20. The smallest absolute Gasteiger partial charge is 0.339 e. The Bertz CT molecular complexity index is 266. The summed E-state index contributed by atoms with van der Waals surface area (Å²) in [4.78, 5) is 10.5. The van der Waals surface area contributed by atoms with Crippen LogP contribution >= 0.6 is 0 Å². The van der Waals surface area contributed by atoms with E-state index in [0.717, 1.165) is 0 Å². The van der Waals surface area contributed by atoms with E-state index in [0.29, 0.717) is 0 Å². The summed E-state index contributed by atoms with van der Waals surface area (Å²) in [5.74, 6) is -5.64. The fraction of sp³-hybridized carbons (Fsp3) is 0.875. The number of rotatable bonds is 1. The standard InChI is InChI=1S/C8H11F5N2O/c9-7(10)2-4-14-3-1-5(7)15-6(16)8(11,12)13/h5,14H,1-4H2,(H,15,16). The predicted molar refractivity (Wildman–Crippen MR) is 45.0 cm³/mol. The van der Waals surface area contributed by atoms with Crippen molar-refractivity contribution in [3.63, 3.8) is 0 Å². The van der Waals surface area contributed by atoms with Gasteiger partial charge in [0.2, 0.25) is 0 Å². The molecule has 1 saturated heterocycles. The lowest BCUT2D eigenvalue weighted by Crippen LogP contribution is -2.51. The Kier molecular flexibility index (Phi) is 3.72. The van der Waals surface area contributed by atoms with Crippen molar-refractivity contribution < 1.29 is 26.7 Å². The number of hydrogen-bond donors (Lipinski definition) is 2. The summed E-state index contributed by atoms with van der Waals surface area (Å²) in [5, 5.41) is 3.97. The molecule has 1 unspecified atom stereocenters. The number of halogens is 5. The molecule has 8 heteroatoms. The third-order valence-corrected chi connectivity index (χ3v) is 2.32. The monoisotopic (exact) mass is 246 g/mol. The summed E-state index contributed by atoms with van der Waals surface area (Å²) < 4.78 is 62.2. The summed E-state index contributed by atoms with van der Waals surface area (Å²) in [6.07, 6.45) is -5.94. The van der Waals surface area contributed by atoms with Gasteiger partial charge >= 0.3 is 12.1 Å². The van der Waals surface area contributed by atoms with Gasteiger partial charge in [0.15, 0.2) is 0 Å². The lowest BCUT2D eigenvalue weighted by atomic mass is 10.1. The highest BCUT2D eigenvalue weighted by Crippen LogP contribution is 2.27. The zero-order chi connectivity index (χ0) is 12.4. The Hall–Kier alpha value is -0.920. The Morgan fingerprint density at radius 3 is 2.50 bits per heavy atom. The number of hydrogen-bond acceptors (Lipinski definition) is 2. The van der Waals surface area contributed by atoms with Gasteiger partial charge in [0, 0.05) is 13.0 Å². The molecule has 1 fully saturated rings. The quantitative estimate of drug-likeness (QED) is 0.679. The minimum Gasteiger partial charge on any atom is -0.339 e. The van der Waals surface area contributed by atoms with Crippen molar-refractivity contribution in [3.05, 3.63) is 0 Å². The maximum atomic E-state index is 13.3. The fourth-order valence-electron chi connectivity index (χ4n) is 1.43. The topological polar surface area (TPSA) is 41.1 Å². The molecular weight excluding hydrogens is 235 g/mol. The molecule has 3 nitrogen and oxygen atoms in total. The third kappa shape index (κ3) is 3.29. The van der Waals surface area contributed by atoms with Crippen LogP contribution in [0.4, 0.5) is 22.0 Å². The van der Waals surface area contributed by atoms with Crippen LogP contribution in [0.1, 0.15) is 12.8 Å². The number of alkyl halides is 5. The molecule has 0 aromatic rings. The van der Waals surface area contributed by atoms with E-state index >= 15 is 0 Å². The van der Waals surface area contributed by atoms with E-state index in [-0.39, 0.29) is 19.5 Å². The van der Waals surface area contributed by atoms with Gasteiger partial charge in [0.25, 0.3) is 5.92 Å². The van der Waals surface area contributed by atoms with Crippen LogP contribution < -0.4 is 10.6 Å². The van der Waals surface area contributed by atoms with Gasteiger partial charge < -0.3 is 10.6 Å². The Morgan fingerprint density at radius 1 is 1.31 bits per heavy atom. The molecule has 0 bridgehead atoms. The molecule has 94 valence electrons. The van der Waals surface area contributed by atoms with Crippen molar-refractivity contribution in [2.75, 3.05) is 13.1 Å². The molecule has 0 spiro atoms. The molecule has 16 heavy (non-hydrogen) atoms. The number of carbonyl (C=O) groups excluding carboxylic acids is 1. The second-order valence-electron chi connectivity index (χ2n) is 3.57. The van der Waals surface area contributed by atoms with Crippen molar-refractivity contribution in [1.82, 2.24) is 10.6 Å². The van der Waals surface area contributed by atoms with Gasteiger partial charge in [-0.25, -0.2) is 8.78 Å². The first-order valence-corrected chi connectivity index (χ1v) is 4.70. The van der Waals surface area contributed by atoms with E-state index in [4.69, 9.17) is 0 Å². The van der Waals surface area contributed by atoms with Gasteiger partial charge in [-0.05, 0) is 13.0 Å². The molecule has 0 saturated carbocycles. The molecule has 0 aromatic carbocycles. The van der Waals surface area contributed by atoms with Crippen molar-refractivity contribution in [1.29, 1.82) is 0 Å². The maximum absolute atomic E-state index is 13.3. The SMILES string of the molecule is O=C(NC1CCNCCC1(F)F)C(F)(F)F. The molecule has 0 aromatic heterocycles. The minimum atomic E-state index is -5.13. The van der Waals surface area contributed by atoms with Gasteiger partial charge in [-0.1, -0.05) is 0 Å². The summed E-state index contributed by atoms with van der Waals surface area (Å²) in [6, 6.07) is -1.77. The largest absolute Gasteiger partial charge is 0.471 e.